The molecule has 1 saturated heterocycles. The zero-order valence-corrected chi connectivity index (χ0v) is 10.6. The Hall–Kier alpha value is -1.06. The second kappa shape index (κ2) is 6.03. The number of anilines is 1. The molecule has 94 valence electrons. The summed E-state index contributed by atoms with van der Waals surface area (Å²) >= 11 is 0. The van der Waals surface area contributed by atoms with E-state index in [1.54, 1.807) is 0 Å². The van der Waals surface area contributed by atoms with Crippen LogP contribution in [0.5, 0.6) is 0 Å². The van der Waals surface area contributed by atoms with Gasteiger partial charge in [0, 0.05) is 31.9 Å². The fourth-order valence-electron chi connectivity index (χ4n) is 2.25. The van der Waals surface area contributed by atoms with Gasteiger partial charge in [-0.15, -0.1) is 0 Å². The van der Waals surface area contributed by atoms with Gasteiger partial charge in [-0.05, 0) is 37.5 Å². The van der Waals surface area contributed by atoms with Crippen LogP contribution in [-0.4, -0.2) is 37.2 Å². The number of nitrogen functional groups attached to an aromatic ring is 1. The van der Waals surface area contributed by atoms with Crippen molar-refractivity contribution in [1.29, 1.82) is 0 Å². The Kier molecular flexibility index (Phi) is 4.40. The Bertz CT molecular complexity index is 337. The van der Waals surface area contributed by atoms with E-state index in [-0.39, 0.29) is 0 Å². The average Bonchev–Trinajstić information content (AvgIpc) is 2.53. The zero-order valence-electron chi connectivity index (χ0n) is 10.6. The number of hydrogen-bond donors (Lipinski definition) is 1. The van der Waals surface area contributed by atoms with Gasteiger partial charge in [0.1, 0.15) is 0 Å². The fraction of sp³-hybridized carbons (Fsp3) is 0.571. The number of nitrogens with zero attached hydrogens (tertiary/aromatic N) is 1. The van der Waals surface area contributed by atoms with Crippen molar-refractivity contribution in [2.75, 3.05) is 32.0 Å². The van der Waals surface area contributed by atoms with Crippen molar-refractivity contribution < 1.29 is 4.74 Å². The Morgan fingerprint density at radius 3 is 2.88 bits per heavy atom. The Labute approximate surface area is 104 Å². The lowest BCUT2D eigenvalue weighted by atomic mass is 10.1. The highest BCUT2D eigenvalue weighted by Crippen LogP contribution is 2.09. The quantitative estimate of drug-likeness (QED) is 0.812. The van der Waals surface area contributed by atoms with Crippen molar-refractivity contribution in [3.05, 3.63) is 29.8 Å². The van der Waals surface area contributed by atoms with Crippen LogP contribution in [0.15, 0.2) is 24.3 Å². The number of ether oxygens (including phenoxy) is 1. The summed E-state index contributed by atoms with van der Waals surface area (Å²) in [4.78, 5) is 2.49. The van der Waals surface area contributed by atoms with Gasteiger partial charge < -0.3 is 15.4 Å². The largest absolute Gasteiger partial charge is 0.399 e. The molecule has 2 N–H and O–H groups in total. The first-order chi connectivity index (χ1) is 8.24. The van der Waals surface area contributed by atoms with Crippen LogP contribution in [0.4, 0.5) is 5.69 Å². The molecule has 0 amide bonds. The number of benzene rings is 1. The van der Waals surface area contributed by atoms with Crippen LogP contribution in [-0.2, 0) is 11.2 Å². The predicted molar refractivity (Wildman–Crippen MR) is 71.0 cm³/mol. The van der Waals surface area contributed by atoms with Crippen molar-refractivity contribution >= 4 is 5.69 Å². The summed E-state index contributed by atoms with van der Waals surface area (Å²) in [5.41, 5.74) is 7.87. The summed E-state index contributed by atoms with van der Waals surface area (Å²) < 4.78 is 5.64. The fourth-order valence-corrected chi connectivity index (χ4v) is 2.25. The van der Waals surface area contributed by atoms with E-state index in [0.29, 0.717) is 6.10 Å². The molecule has 0 spiro atoms. The molecule has 0 bridgehead atoms. The molecule has 1 fully saturated rings. The molecule has 0 radical (unpaired) electrons. The number of hydrogen-bond acceptors (Lipinski definition) is 3. The molecule has 1 aromatic rings. The predicted octanol–water partition coefficient (Wildman–Crippen LogP) is 1.92. The van der Waals surface area contributed by atoms with Crippen LogP contribution in [0.2, 0.25) is 0 Å². The minimum atomic E-state index is 0.365. The lowest BCUT2D eigenvalue weighted by Crippen LogP contribution is -2.32. The molecular formula is C14H22N2O. The summed E-state index contributed by atoms with van der Waals surface area (Å²) in [5.74, 6) is 0. The molecule has 1 heterocycles. The SMILES string of the molecule is CC1CN(CCc2ccc(N)cc2)CCCO1. The maximum absolute atomic E-state index is 5.68. The third-order valence-electron chi connectivity index (χ3n) is 3.23. The highest BCUT2D eigenvalue weighted by Gasteiger charge is 2.14. The van der Waals surface area contributed by atoms with Crippen molar-refractivity contribution in [1.82, 2.24) is 4.90 Å². The smallest absolute Gasteiger partial charge is 0.0673 e. The first kappa shape index (κ1) is 12.4. The van der Waals surface area contributed by atoms with Gasteiger partial charge in [-0.25, -0.2) is 0 Å². The van der Waals surface area contributed by atoms with Crippen molar-refractivity contribution in [3.8, 4) is 0 Å². The van der Waals surface area contributed by atoms with Gasteiger partial charge in [-0.2, -0.15) is 0 Å². The van der Waals surface area contributed by atoms with Crippen LogP contribution in [0.25, 0.3) is 0 Å². The van der Waals surface area contributed by atoms with Crippen LogP contribution >= 0.6 is 0 Å². The summed E-state index contributed by atoms with van der Waals surface area (Å²) in [6.45, 7) is 6.37. The van der Waals surface area contributed by atoms with E-state index < -0.39 is 0 Å². The van der Waals surface area contributed by atoms with Crippen LogP contribution in [0.3, 0.4) is 0 Å². The molecule has 0 saturated carbocycles. The summed E-state index contributed by atoms with van der Waals surface area (Å²) in [7, 11) is 0. The van der Waals surface area contributed by atoms with Crippen molar-refractivity contribution in [3.63, 3.8) is 0 Å². The second-order valence-corrected chi connectivity index (χ2v) is 4.83. The molecule has 17 heavy (non-hydrogen) atoms. The van der Waals surface area contributed by atoms with Gasteiger partial charge in [0.05, 0.1) is 6.10 Å². The van der Waals surface area contributed by atoms with E-state index in [0.717, 1.165) is 44.8 Å². The van der Waals surface area contributed by atoms with E-state index in [2.05, 4.69) is 24.0 Å². The molecule has 2 rings (SSSR count). The standard InChI is InChI=1S/C14H22N2O/c1-12-11-16(8-2-10-17-12)9-7-13-3-5-14(15)6-4-13/h3-6,12H,2,7-11,15H2,1H3. The molecule has 1 aliphatic heterocycles. The Morgan fingerprint density at radius 1 is 1.35 bits per heavy atom. The Morgan fingerprint density at radius 2 is 2.12 bits per heavy atom. The topological polar surface area (TPSA) is 38.5 Å². The van der Waals surface area contributed by atoms with Crippen molar-refractivity contribution in [2.45, 2.75) is 25.9 Å². The number of rotatable bonds is 3. The third kappa shape index (κ3) is 4.02. The minimum absolute atomic E-state index is 0.365. The highest BCUT2D eigenvalue weighted by molar-refractivity contribution is 5.39. The van der Waals surface area contributed by atoms with E-state index >= 15 is 0 Å². The van der Waals surface area contributed by atoms with E-state index in [4.69, 9.17) is 10.5 Å². The zero-order chi connectivity index (χ0) is 12.1. The van der Waals surface area contributed by atoms with Crippen LogP contribution in [0, 0.1) is 0 Å². The molecule has 1 aromatic carbocycles. The highest BCUT2D eigenvalue weighted by atomic mass is 16.5. The third-order valence-corrected chi connectivity index (χ3v) is 3.23. The van der Waals surface area contributed by atoms with E-state index in [1.807, 2.05) is 12.1 Å². The normalized spacial score (nSPS) is 22.3. The van der Waals surface area contributed by atoms with Crippen LogP contribution in [0.1, 0.15) is 18.9 Å². The molecule has 3 heteroatoms. The Balaban J connectivity index is 1.82. The molecule has 1 unspecified atom stereocenters. The summed E-state index contributed by atoms with van der Waals surface area (Å²) in [6, 6.07) is 8.19. The lowest BCUT2D eigenvalue weighted by Gasteiger charge is -2.21. The van der Waals surface area contributed by atoms with Crippen molar-refractivity contribution in [2.24, 2.45) is 0 Å². The average molecular weight is 234 g/mol. The molecular weight excluding hydrogens is 212 g/mol. The van der Waals surface area contributed by atoms with E-state index in [1.165, 1.54) is 5.56 Å². The van der Waals surface area contributed by atoms with Gasteiger partial charge >= 0.3 is 0 Å². The summed E-state index contributed by atoms with van der Waals surface area (Å²) in [5, 5.41) is 0. The second-order valence-electron chi connectivity index (χ2n) is 4.83. The molecule has 3 nitrogen and oxygen atoms in total. The van der Waals surface area contributed by atoms with E-state index in [9.17, 15) is 0 Å². The summed E-state index contributed by atoms with van der Waals surface area (Å²) in [6.07, 6.45) is 2.60. The minimum Gasteiger partial charge on any atom is -0.399 e. The molecule has 0 aromatic heterocycles. The maximum atomic E-state index is 5.68. The molecule has 1 aliphatic rings. The first-order valence-electron chi connectivity index (χ1n) is 6.42. The van der Waals surface area contributed by atoms with Gasteiger partial charge in [0.25, 0.3) is 0 Å². The van der Waals surface area contributed by atoms with Gasteiger partial charge in [0.2, 0.25) is 0 Å². The first-order valence-corrected chi connectivity index (χ1v) is 6.42. The maximum Gasteiger partial charge on any atom is 0.0673 e. The number of nitrogens with two attached hydrogens (primary N) is 1. The van der Waals surface area contributed by atoms with Crippen LogP contribution < -0.4 is 5.73 Å². The molecule has 0 aliphatic carbocycles. The monoisotopic (exact) mass is 234 g/mol. The lowest BCUT2D eigenvalue weighted by molar-refractivity contribution is 0.0679. The van der Waals surface area contributed by atoms with Gasteiger partial charge in [-0.1, -0.05) is 12.1 Å². The van der Waals surface area contributed by atoms with Gasteiger partial charge in [-0.3, -0.25) is 0 Å². The molecule has 1 atom stereocenters. The van der Waals surface area contributed by atoms with Gasteiger partial charge in [0.15, 0.2) is 0 Å².